The Morgan fingerprint density at radius 3 is 2.53 bits per heavy atom. The number of amides is 2. The third-order valence-corrected chi connectivity index (χ3v) is 3.94. The number of halogens is 1. The molecule has 1 aromatic rings. The Bertz CT molecular complexity index is 514. The highest BCUT2D eigenvalue weighted by Crippen LogP contribution is 2.38. The van der Waals surface area contributed by atoms with Gasteiger partial charge in [-0.15, -0.1) is 0 Å². The minimum absolute atomic E-state index is 0.233. The molecule has 0 aromatic heterocycles. The third kappa shape index (κ3) is 2.42. The van der Waals surface area contributed by atoms with Gasteiger partial charge in [0.05, 0.1) is 0 Å². The molecule has 1 aliphatic rings. The Balaban J connectivity index is 2.47. The Morgan fingerprint density at radius 2 is 1.95 bits per heavy atom. The number of rotatable bonds is 1. The number of benzene rings is 1. The Morgan fingerprint density at radius 1 is 1.32 bits per heavy atom. The summed E-state index contributed by atoms with van der Waals surface area (Å²) in [6.07, 6.45) is 0.453. The highest BCUT2D eigenvalue weighted by molar-refractivity contribution is 6.30. The number of carbonyl (C=O) groups excluding carboxylic acids is 1. The van der Waals surface area contributed by atoms with Crippen LogP contribution in [0.5, 0.6) is 0 Å². The first kappa shape index (κ1) is 14.2. The normalized spacial score (nSPS) is 26.7. The van der Waals surface area contributed by atoms with Crippen molar-refractivity contribution in [1.29, 1.82) is 0 Å². The highest BCUT2D eigenvalue weighted by Gasteiger charge is 2.48. The lowest BCUT2D eigenvalue weighted by molar-refractivity contribution is -0.0182. The Hall–Kier alpha value is -1.26. The summed E-state index contributed by atoms with van der Waals surface area (Å²) >= 11 is 5.96. The number of hydrogen-bond acceptors (Lipinski definition) is 2. The summed E-state index contributed by atoms with van der Waals surface area (Å²) < 4.78 is 0. The van der Waals surface area contributed by atoms with Crippen molar-refractivity contribution in [1.82, 2.24) is 4.90 Å². The quantitative estimate of drug-likeness (QED) is 0.860. The molecule has 0 spiro atoms. The molecule has 1 saturated heterocycles. The minimum atomic E-state index is -1.24. The number of aliphatic hydroxyl groups is 1. The zero-order valence-electron chi connectivity index (χ0n) is 11.6. The van der Waals surface area contributed by atoms with Crippen molar-refractivity contribution >= 4 is 23.3 Å². The molecule has 4 nitrogen and oxygen atoms in total. The van der Waals surface area contributed by atoms with Crippen LogP contribution in [0.1, 0.15) is 27.2 Å². The van der Waals surface area contributed by atoms with Gasteiger partial charge in [0.1, 0.15) is 5.72 Å². The van der Waals surface area contributed by atoms with Gasteiger partial charge in [-0.2, -0.15) is 0 Å². The molecule has 0 unspecified atom stereocenters. The second kappa shape index (κ2) is 4.39. The average Bonchev–Trinajstić information content (AvgIpc) is 2.24. The van der Waals surface area contributed by atoms with E-state index in [2.05, 4.69) is 0 Å². The molecule has 1 aliphatic heterocycles. The van der Waals surface area contributed by atoms with Crippen LogP contribution in [0.2, 0.25) is 5.02 Å². The van der Waals surface area contributed by atoms with Gasteiger partial charge in [0.2, 0.25) is 0 Å². The molecule has 0 saturated carbocycles. The van der Waals surface area contributed by atoms with Gasteiger partial charge in [0, 0.05) is 29.7 Å². The third-order valence-electron chi connectivity index (χ3n) is 3.70. The summed E-state index contributed by atoms with van der Waals surface area (Å²) in [4.78, 5) is 15.6. The Kier molecular flexibility index (Phi) is 3.27. The van der Waals surface area contributed by atoms with Gasteiger partial charge >= 0.3 is 6.03 Å². The second-order valence-corrected chi connectivity index (χ2v) is 6.30. The minimum Gasteiger partial charge on any atom is -0.371 e. The van der Waals surface area contributed by atoms with E-state index < -0.39 is 11.3 Å². The van der Waals surface area contributed by atoms with Crippen molar-refractivity contribution in [2.45, 2.75) is 38.5 Å². The summed E-state index contributed by atoms with van der Waals surface area (Å²) in [5, 5.41) is 11.2. The molecule has 1 heterocycles. The molecule has 0 bridgehead atoms. The summed E-state index contributed by atoms with van der Waals surface area (Å²) in [5.74, 6) is 0. The van der Waals surface area contributed by atoms with E-state index in [0.29, 0.717) is 17.1 Å². The molecule has 0 aliphatic carbocycles. The van der Waals surface area contributed by atoms with Gasteiger partial charge in [-0.1, -0.05) is 17.7 Å². The molecule has 1 atom stereocenters. The summed E-state index contributed by atoms with van der Waals surface area (Å²) in [6, 6.07) is 6.72. The number of nitrogens with zero attached hydrogens (tertiary/aromatic N) is 2. The van der Waals surface area contributed by atoms with Crippen LogP contribution < -0.4 is 4.90 Å². The van der Waals surface area contributed by atoms with Crippen molar-refractivity contribution < 1.29 is 9.90 Å². The molecule has 0 radical (unpaired) electrons. The van der Waals surface area contributed by atoms with Crippen molar-refractivity contribution in [3.63, 3.8) is 0 Å². The fourth-order valence-corrected chi connectivity index (χ4v) is 2.82. The van der Waals surface area contributed by atoms with Crippen LogP contribution in [0, 0.1) is 0 Å². The standard InChI is InChI=1S/C14H19ClN2O2/c1-13(2)9-14(3,19)17(12(18)16(13)4)11-7-5-6-10(15)8-11/h5-8,19H,9H2,1-4H3/t14-/m0/s1. The Labute approximate surface area is 118 Å². The van der Waals surface area contributed by atoms with Crippen LogP contribution in [0.25, 0.3) is 0 Å². The maximum absolute atomic E-state index is 12.5. The molecule has 19 heavy (non-hydrogen) atoms. The number of anilines is 1. The predicted octanol–water partition coefficient (Wildman–Crippen LogP) is 3.09. The van der Waals surface area contributed by atoms with E-state index in [-0.39, 0.29) is 6.03 Å². The van der Waals surface area contributed by atoms with Crippen LogP contribution in [0.3, 0.4) is 0 Å². The molecule has 2 amide bonds. The molecule has 1 fully saturated rings. The van der Waals surface area contributed by atoms with E-state index in [4.69, 9.17) is 11.6 Å². The largest absolute Gasteiger partial charge is 0.371 e. The molecule has 1 N–H and O–H groups in total. The monoisotopic (exact) mass is 282 g/mol. The van der Waals surface area contributed by atoms with Crippen LogP contribution in [-0.2, 0) is 0 Å². The first-order chi connectivity index (χ1) is 8.65. The number of hydrogen-bond donors (Lipinski definition) is 1. The maximum atomic E-state index is 12.5. The van der Waals surface area contributed by atoms with E-state index >= 15 is 0 Å². The molecular weight excluding hydrogens is 264 g/mol. The second-order valence-electron chi connectivity index (χ2n) is 5.86. The van der Waals surface area contributed by atoms with Crippen LogP contribution in [0.15, 0.2) is 24.3 Å². The van der Waals surface area contributed by atoms with E-state index in [1.165, 1.54) is 4.90 Å². The van der Waals surface area contributed by atoms with E-state index in [0.717, 1.165) is 0 Å². The lowest BCUT2D eigenvalue weighted by Gasteiger charge is -2.52. The fraction of sp³-hybridized carbons (Fsp3) is 0.500. The molecular formula is C14H19ClN2O2. The smallest absolute Gasteiger partial charge is 0.327 e. The lowest BCUT2D eigenvalue weighted by atomic mass is 9.88. The van der Waals surface area contributed by atoms with Crippen molar-refractivity contribution in [3.8, 4) is 0 Å². The zero-order valence-corrected chi connectivity index (χ0v) is 12.4. The summed E-state index contributed by atoms with van der Waals surface area (Å²) in [6.45, 7) is 5.53. The van der Waals surface area contributed by atoms with Gasteiger partial charge < -0.3 is 10.0 Å². The fourth-order valence-electron chi connectivity index (χ4n) is 2.64. The van der Waals surface area contributed by atoms with Crippen LogP contribution in [-0.4, -0.2) is 34.3 Å². The highest BCUT2D eigenvalue weighted by atomic mass is 35.5. The zero-order chi connectivity index (χ0) is 14.4. The van der Waals surface area contributed by atoms with Gasteiger partial charge in [0.25, 0.3) is 0 Å². The molecule has 104 valence electrons. The number of carbonyl (C=O) groups is 1. The molecule has 5 heteroatoms. The van der Waals surface area contributed by atoms with E-state index in [1.54, 1.807) is 43.1 Å². The van der Waals surface area contributed by atoms with Crippen LogP contribution in [0.4, 0.5) is 10.5 Å². The molecule has 1 aromatic carbocycles. The van der Waals surface area contributed by atoms with Crippen molar-refractivity contribution in [3.05, 3.63) is 29.3 Å². The van der Waals surface area contributed by atoms with Crippen LogP contribution >= 0.6 is 11.6 Å². The predicted molar refractivity (Wildman–Crippen MR) is 76.4 cm³/mol. The summed E-state index contributed by atoms with van der Waals surface area (Å²) in [5.41, 5.74) is -1.03. The van der Waals surface area contributed by atoms with Gasteiger partial charge in [-0.25, -0.2) is 4.79 Å². The van der Waals surface area contributed by atoms with Gasteiger partial charge in [0.15, 0.2) is 0 Å². The first-order valence-electron chi connectivity index (χ1n) is 6.21. The first-order valence-corrected chi connectivity index (χ1v) is 6.59. The number of urea groups is 1. The van der Waals surface area contributed by atoms with Gasteiger partial charge in [-0.3, -0.25) is 4.90 Å². The van der Waals surface area contributed by atoms with Crippen molar-refractivity contribution in [2.24, 2.45) is 0 Å². The molecule has 2 rings (SSSR count). The SMILES string of the molecule is CN1C(=O)N(c2cccc(Cl)c2)[C@@](C)(O)CC1(C)C. The average molecular weight is 283 g/mol. The lowest BCUT2D eigenvalue weighted by Crippen LogP contribution is -2.67. The van der Waals surface area contributed by atoms with Gasteiger partial charge in [-0.05, 0) is 39.0 Å². The van der Waals surface area contributed by atoms with Crippen molar-refractivity contribution in [2.75, 3.05) is 11.9 Å². The maximum Gasteiger partial charge on any atom is 0.327 e. The van der Waals surface area contributed by atoms with E-state index in [1.807, 2.05) is 13.8 Å². The topological polar surface area (TPSA) is 43.8 Å². The van der Waals surface area contributed by atoms with E-state index in [9.17, 15) is 9.90 Å². The summed E-state index contributed by atoms with van der Waals surface area (Å²) in [7, 11) is 1.75.